The van der Waals surface area contributed by atoms with Gasteiger partial charge in [-0.15, -0.1) is 0 Å². The Labute approximate surface area is 190 Å². The summed E-state index contributed by atoms with van der Waals surface area (Å²) in [6.45, 7) is 0. The first-order chi connectivity index (χ1) is 16.0. The van der Waals surface area contributed by atoms with E-state index >= 15 is 0 Å². The monoisotopic (exact) mass is 485 g/mol. The van der Waals surface area contributed by atoms with Crippen LogP contribution in [0.2, 0.25) is 0 Å². The smallest absolute Gasteiger partial charge is 0.301 e. The Morgan fingerprint density at radius 1 is 1.00 bits per heavy atom. The number of carbonyl (C=O) groups excluding carboxylic acids is 1. The molecule has 0 fully saturated rings. The molecular weight excluding hydrogens is 471 g/mol. The summed E-state index contributed by atoms with van der Waals surface area (Å²) >= 11 is 0. The maximum Gasteiger partial charge on any atom is 0.433 e. The highest BCUT2D eigenvalue weighted by Crippen LogP contribution is 2.42. The first-order valence-corrected chi connectivity index (χ1v) is 11.3. The molecule has 34 heavy (non-hydrogen) atoms. The highest BCUT2D eigenvalue weighted by Gasteiger charge is 2.57. The Morgan fingerprint density at radius 3 is 2.38 bits per heavy atom. The summed E-state index contributed by atoms with van der Waals surface area (Å²) in [5.74, 6) is -0.864. The van der Waals surface area contributed by atoms with Gasteiger partial charge in [0, 0.05) is 23.5 Å². The van der Waals surface area contributed by atoms with Gasteiger partial charge in [0.2, 0.25) is 20.5 Å². The molecule has 0 saturated heterocycles. The van der Waals surface area contributed by atoms with E-state index in [1.807, 2.05) is 0 Å². The molecule has 172 valence electrons. The average molecular weight is 485 g/mol. The number of sulfone groups is 1. The topological polar surface area (TPSA) is 121 Å². The number of nitrogens with two attached hydrogens (primary N) is 1. The van der Waals surface area contributed by atoms with Crippen LogP contribution in [-0.2, 0) is 20.9 Å². The van der Waals surface area contributed by atoms with Crippen LogP contribution in [0.1, 0.15) is 21.7 Å². The van der Waals surface area contributed by atoms with Crippen LogP contribution in [-0.4, -0.2) is 33.9 Å². The van der Waals surface area contributed by atoms with Crippen molar-refractivity contribution >= 4 is 15.6 Å². The van der Waals surface area contributed by atoms with Gasteiger partial charge >= 0.3 is 6.18 Å². The molecule has 1 aliphatic rings. The maximum absolute atomic E-state index is 13.7. The van der Waals surface area contributed by atoms with Crippen LogP contribution in [0.25, 0.3) is 16.9 Å². The van der Waals surface area contributed by atoms with Crippen LogP contribution < -0.4 is 5.73 Å². The minimum atomic E-state index is -4.74. The molecule has 0 radical (unpaired) electrons. The Balaban J connectivity index is 1.60. The summed E-state index contributed by atoms with van der Waals surface area (Å²) in [5, 5.41) is 4.04. The third-order valence-electron chi connectivity index (χ3n) is 5.51. The normalized spacial score (nSPS) is 19.2. The third-order valence-corrected chi connectivity index (χ3v) is 7.69. The van der Waals surface area contributed by atoms with Gasteiger partial charge in [0.25, 0.3) is 0 Å². The summed E-state index contributed by atoms with van der Waals surface area (Å²) in [4.78, 5) is 18.1. The van der Waals surface area contributed by atoms with Crippen LogP contribution in [0.5, 0.6) is 0 Å². The van der Waals surface area contributed by atoms with Gasteiger partial charge in [-0.25, -0.2) is 13.1 Å². The molecule has 0 aliphatic carbocycles. The van der Waals surface area contributed by atoms with Gasteiger partial charge in [-0.05, 0) is 42.5 Å². The number of carbonyl (C=O) groups is 1. The van der Waals surface area contributed by atoms with Crippen LogP contribution in [0.3, 0.4) is 0 Å². The van der Waals surface area contributed by atoms with E-state index < -0.39 is 32.4 Å². The first-order valence-electron chi connectivity index (χ1n) is 9.77. The van der Waals surface area contributed by atoms with E-state index in [4.69, 9.17) is 5.73 Å². The van der Waals surface area contributed by atoms with Crippen molar-refractivity contribution in [2.24, 2.45) is 5.73 Å². The predicted molar refractivity (Wildman–Crippen MR) is 113 cm³/mol. The van der Waals surface area contributed by atoms with Crippen molar-refractivity contribution in [2.75, 3.05) is 0 Å². The quantitative estimate of drug-likeness (QED) is 0.473. The molecule has 0 bridgehead atoms. The largest absolute Gasteiger partial charge is 0.433 e. The number of ketones is 1. The molecule has 3 aromatic heterocycles. The Hall–Kier alpha value is -3.90. The van der Waals surface area contributed by atoms with Crippen molar-refractivity contribution < 1.29 is 26.4 Å². The number of rotatable bonds is 3. The number of hydrogen-bond acceptors (Lipinski definition) is 7. The maximum atomic E-state index is 13.7. The summed E-state index contributed by atoms with van der Waals surface area (Å²) in [5.41, 5.74) is 4.96. The van der Waals surface area contributed by atoms with Crippen LogP contribution in [0.15, 0.2) is 78.1 Å². The lowest BCUT2D eigenvalue weighted by Gasteiger charge is -2.21. The van der Waals surface area contributed by atoms with Gasteiger partial charge in [0.05, 0.1) is 28.2 Å². The molecule has 1 aliphatic heterocycles. The number of Topliss-reactive ketones (excluding diaryl/α,β-unsaturated/α-hetero) is 1. The summed E-state index contributed by atoms with van der Waals surface area (Å²) in [7, 11) is -4.33. The molecule has 0 spiro atoms. The second-order valence-electron chi connectivity index (χ2n) is 7.53. The molecule has 0 amide bonds. The molecule has 1 unspecified atom stereocenters. The third kappa shape index (κ3) is 3.06. The molecule has 5 rings (SSSR count). The molecule has 12 heteroatoms. The van der Waals surface area contributed by atoms with E-state index in [2.05, 4.69) is 15.1 Å². The lowest BCUT2D eigenvalue weighted by molar-refractivity contribution is -0.142. The van der Waals surface area contributed by atoms with E-state index in [1.165, 1.54) is 42.7 Å². The van der Waals surface area contributed by atoms with Gasteiger partial charge < -0.3 is 5.73 Å². The van der Waals surface area contributed by atoms with E-state index in [1.54, 1.807) is 12.1 Å². The minimum Gasteiger partial charge on any atom is -0.301 e. The second kappa shape index (κ2) is 7.30. The number of benzene rings is 1. The fourth-order valence-electron chi connectivity index (χ4n) is 3.80. The summed E-state index contributed by atoms with van der Waals surface area (Å²) in [6, 6.07) is 11.9. The number of halogens is 3. The fourth-order valence-corrected chi connectivity index (χ4v) is 5.61. The summed E-state index contributed by atoms with van der Waals surface area (Å²) < 4.78 is 67.9. The zero-order valence-electron chi connectivity index (χ0n) is 17.1. The van der Waals surface area contributed by atoms with Crippen molar-refractivity contribution in [3.05, 3.63) is 90.1 Å². The van der Waals surface area contributed by atoms with Crippen LogP contribution in [0.4, 0.5) is 13.2 Å². The standard InChI is InChI=1S/C22H14F3N5O3S/c23-22(24,25)19-10-16(13-4-3-9-27-11-13)29-30(19)14-7-8-18(28-12-14)21(26)20(31)15-5-1-2-6-17(15)34(21,32)33/h1-12H,26H2. The van der Waals surface area contributed by atoms with Gasteiger partial charge in [-0.1, -0.05) is 12.1 Å². The fraction of sp³-hybridized carbons (Fsp3) is 0.0909. The van der Waals surface area contributed by atoms with Gasteiger partial charge in [0.15, 0.2) is 0 Å². The van der Waals surface area contributed by atoms with E-state index in [0.29, 0.717) is 10.2 Å². The van der Waals surface area contributed by atoms with Crippen LogP contribution >= 0.6 is 0 Å². The van der Waals surface area contributed by atoms with Gasteiger partial charge in [-0.3, -0.25) is 14.8 Å². The highest BCUT2D eigenvalue weighted by atomic mass is 32.2. The number of aromatic nitrogens is 4. The predicted octanol–water partition coefficient (Wildman–Crippen LogP) is 3.13. The molecule has 2 N–H and O–H groups in total. The number of nitrogens with zero attached hydrogens (tertiary/aromatic N) is 4. The average Bonchev–Trinajstić information content (AvgIpc) is 3.35. The van der Waals surface area contributed by atoms with Crippen molar-refractivity contribution in [3.63, 3.8) is 0 Å². The summed E-state index contributed by atoms with van der Waals surface area (Å²) in [6.07, 6.45) is -0.897. The second-order valence-corrected chi connectivity index (χ2v) is 9.62. The lowest BCUT2D eigenvalue weighted by atomic mass is 10.0. The number of hydrogen-bond donors (Lipinski definition) is 1. The van der Waals surface area contributed by atoms with Crippen molar-refractivity contribution in [1.82, 2.24) is 19.7 Å². The van der Waals surface area contributed by atoms with Crippen molar-refractivity contribution in [2.45, 2.75) is 15.9 Å². The Morgan fingerprint density at radius 2 is 1.76 bits per heavy atom. The lowest BCUT2D eigenvalue weighted by Crippen LogP contribution is -2.48. The van der Waals surface area contributed by atoms with E-state index in [0.717, 1.165) is 18.3 Å². The SMILES string of the molecule is NC1(c2ccc(-n3nc(-c4cccnc4)cc3C(F)(F)F)cn2)C(=O)c2ccccc2S1(=O)=O. The van der Waals surface area contributed by atoms with Crippen LogP contribution in [0, 0.1) is 0 Å². The molecule has 8 nitrogen and oxygen atoms in total. The zero-order chi connectivity index (χ0) is 24.3. The Kier molecular flexibility index (Phi) is 4.71. The molecule has 1 aromatic carbocycles. The number of fused-ring (bicyclic) bond motifs is 1. The molecule has 4 aromatic rings. The van der Waals surface area contributed by atoms with Crippen molar-refractivity contribution in [3.8, 4) is 16.9 Å². The van der Waals surface area contributed by atoms with E-state index in [9.17, 15) is 26.4 Å². The van der Waals surface area contributed by atoms with Gasteiger partial charge in [-0.2, -0.15) is 18.3 Å². The zero-order valence-corrected chi connectivity index (χ0v) is 17.9. The molecular formula is C22H14F3N5O3S. The van der Waals surface area contributed by atoms with Gasteiger partial charge in [0.1, 0.15) is 5.69 Å². The number of alkyl halides is 3. The minimum absolute atomic E-state index is 0.0313. The van der Waals surface area contributed by atoms with Crippen molar-refractivity contribution in [1.29, 1.82) is 0 Å². The molecule has 0 saturated carbocycles. The molecule has 4 heterocycles. The Bertz CT molecular complexity index is 1530. The van der Waals surface area contributed by atoms with E-state index in [-0.39, 0.29) is 27.5 Å². The number of pyridine rings is 2. The molecule has 1 atom stereocenters. The first kappa shape index (κ1) is 21.9. The highest BCUT2D eigenvalue weighted by molar-refractivity contribution is 7.93.